The van der Waals surface area contributed by atoms with Crippen LogP contribution in [0, 0.1) is 5.82 Å². The van der Waals surface area contributed by atoms with E-state index in [1.165, 1.54) is 0 Å². The molecule has 2 aliphatic rings. The molecule has 1 aliphatic carbocycles. The molecule has 7 heteroatoms. The Kier molecular flexibility index (Phi) is 2.85. The van der Waals surface area contributed by atoms with Crippen LogP contribution in [0.3, 0.4) is 0 Å². The number of hydrogen-bond acceptors (Lipinski definition) is 4. The highest BCUT2D eigenvalue weighted by Crippen LogP contribution is 2.45. The average Bonchev–Trinajstić information content (AvgIpc) is 3.12. The molecule has 19 heavy (non-hydrogen) atoms. The largest absolute Gasteiger partial charge is 0.342 e. The molecule has 2 fully saturated rings. The second-order valence-electron chi connectivity index (χ2n) is 5.03. The van der Waals surface area contributed by atoms with Crippen LogP contribution in [0.25, 0.3) is 0 Å². The van der Waals surface area contributed by atoms with Crippen LogP contribution < -0.4 is 4.90 Å². The Morgan fingerprint density at radius 1 is 1.53 bits per heavy atom. The lowest BCUT2D eigenvalue weighted by Gasteiger charge is -2.41. The normalized spacial score (nSPS) is 21.1. The standard InChI is InChI=1S/C12H14ClFN4O/c1-2-18-9(19)6-17(7-12(18)3-4-12)10-8(14)5-15-11(13)16-10/h5H,2-4,6-7H2,1H3. The van der Waals surface area contributed by atoms with E-state index in [9.17, 15) is 9.18 Å². The van der Waals surface area contributed by atoms with Crippen molar-refractivity contribution in [3.05, 3.63) is 17.3 Å². The van der Waals surface area contributed by atoms with Gasteiger partial charge in [-0.15, -0.1) is 0 Å². The van der Waals surface area contributed by atoms with E-state index < -0.39 is 5.82 Å². The molecule has 3 rings (SSSR count). The van der Waals surface area contributed by atoms with Gasteiger partial charge in [0.25, 0.3) is 0 Å². The molecule has 1 saturated heterocycles. The third-order valence-corrected chi connectivity index (χ3v) is 4.01. The highest BCUT2D eigenvalue weighted by atomic mass is 35.5. The van der Waals surface area contributed by atoms with Crippen LogP contribution in [0.2, 0.25) is 5.28 Å². The molecule has 1 spiro atoms. The van der Waals surface area contributed by atoms with Crippen molar-refractivity contribution in [2.24, 2.45) is 0 Å². The zero-order chi connectivity index (χ0) is 13.6. The van der Waals surface area contributed by atoms with Gasteiger partial charge in [0.2, 0.25) is 11.2 Å². The lowest BCUT2D eigenvalue weighted by Crippen LogP contribution is -2.58. The molecular weight excluding hydrogens is 271 g/mol. The van der Waals surface area contributed by atoms with Crippen molar-refractivity contribution in [2.75, 3.05) is 24.5 Å². The van der Waals surface area contributed by atoms with Crippen molar-refractivity contribution in [3.63, 3.8) is 0 Å². The second kappa shape index (κ2) is 4.30. The molecule has 1 aromatic heterocycles. The van der Waals surface area contributed by atoms with Crippen LogP contribution in [0.1, 0.15) is 19.8 Å². The fourth-order valence-corrected chi connectivity index (χ4v) is 2.93. The number of hydrogen-bond donors (Lipinski definition) is 0. The molecule has 2 heterocycles. The van der Waals surface area contributed by atoms with E-state index in [-0.39, 0.29) is 29.1 Å². The van der Waals surface area contributed by atoms with Crippen LogP contribution in [0.15, 0.2) is 6.20 Å². The fourth-order valence-electron chi connectivity index (χ4n) is 2.80. The minimum atomic E-state index is -0.544. The molecular formula is C12H14ClFN4O. The van der Waals surface area contributed by atoms with E-state index in [1.807, 2.05) is 11.8 Å². The summed E-state index contributed by atoms with van der Waals surface area (Å²) in [5.74, 6) is -0.409. The molecule has 102 valence electrons. The van der Waals surface area contributed by atoms with Gasteiger partial charge in [0.1, 0.15) is 0 Å². The molecule has 0 bridgehead atoms. The number of anilines is 1. The van der Waals surface area contributed by atoms with Gasteiger partial charge in [-0.2, -0.15) is 4.98 Å². The number of carbonyl (C=O) groups excluding carboxylic acids is 1. The van der Waals surface area contributed by atoms with E-state index in [0.717, 1.165) is 19.0 Å². The quantitative estimate of drug-likeness (QED) is 0.772. The van der Waals surface area contributed by atoms with E-state index in [1.54, 1.807) is 4.90 Å². The van der Waals surface area contributed by atoms with Crippen LogP contribution >= 0.6 is 11.6 Å². The highest BCUT2D eigenvalue weighted by Gasteiger charge is 2.53. The van der Waals surface area contributed by atoms with E-state index >= 15 is 0 Å². The maximum Gasteiger partial charge on any atom is 0.242 e. The molecule has 0 N–H and O–H groups in total. The molecule has 1 aromatic rings. The summed E-state index contributed by atoms with van der Waals surface area (Å²) in [6.07, 6.45) is 2.97. The molecule has 5 nitrogen and oxygen atoms in total. The van der Waals surface area contributed by atoms with Crippen LogP contribution in [-0.2, 0) is 4.79 Å². The minimum Gasteiger partial charge on any atom is -0.342 e. The van der Waals surface area contributed by atoms with E-state index in [0.29, 0.717) is 13.1 Å². The van der Waals surface area contributed by atoms with Gasteiger partial charge in [0.15, 0.2) is 11.6 Å². The fraction of sp³-hybridized carbons (Fsp3) is 0.583. The molecule has 0 radical (unpaired) electrons. The molecule has 1 saturated carbocycles. The Labute approximate surface area is 115 Å². The summed E-state index contributed by atoms with van der Waals surface area (Å²) in [6.45, 7) is 3.41. The van der Waals surface area contributed by atoms with Crippen LogP contribution in [0.5, 0.6) is 0 Å². The monoisotopic (exact) mass is 284 g/mol. The Balaban J connectivity index is 1.91. The minimum absolute atomic E-state index is 0.00776. The van der Waals surface area contributed by atoms with Gasteiger partial charge in [-0.05, 0) is 31.4 Å². The number of halogens is 2. The summed E-state index contributed by atoms with van der Waals surface area (Å²) in [7, 11) is 0. The Bertz CT molecular complexity index is 534. The van der Waals surface area contributed by atoms with Crippen LogP contribution in [0.4, 0.5) is 10.2 Å². The Morgan fingerprint density at radius 2 is 2.26 bits per heavy atom. The molecule has 0 unspecified atom stereocenters. The SMILES string of the molecule is CCN1C(=O)CN(c2nc(Cl)ncc2F)CC12CC2. The number of carbonyl (C=O) groups is 1. The van der Waals surface area contributed by atoms with Gasteiger partial charge in [-0.3, -0.25) is 4.79 Å². The predicted molar refractivity (Wildman–Crippen MR) is 68.6 cm³/mol. The maximum atomic E-state index is 13.8. The summed E-state index contributed by atoms with van der Waals surface area (Å²) in [6, 6.07) is 0. The number of amides is 1. The maximum absolute atomic E-state index is 13.8. The summed E-state index contributed by atoms with van der Waals surface area (Å²) >= 11 is 5.70. The van der Waals surface area contributed by atoms with Gasteiger partial charge >= 0.3 is 0 Å². The third kappa shape index (κ3) is 2.04. The Hall–Kier alpha value is -1.43. The van der Waals surface area contributed by atoms with Gasteiger partial charge in [0.05, 0.1) is 18.3 Å². The van der Waals surface area contributed by atoms with Gasteiger partial charge in [-0.1, -0.05) is 0 Å². The van der Waals surface area contributed by atoms with Gasteiger partial charge in [-0.25, -0.2) is 9.37 Å². The smallest absolute Gasteiger partial charge is 0.242 e. The second-order valence-corrected chi connectivity index (χ2v) is 5.37. The zero-order valence-electron chi connectivity index (χ0n) is 10.6. The summed E-state index contributed by atoms with van der Waals surface area (Å²) in [4.78, 5) is 23.2. The first-order valence-corrected chi connectivity index (χ1v) is 6.67. The lowest BCUT2D eigenvalue weighted by molar-refractivity contribution is -0.134. The number of aromatic nitrogens is 2. The molecule has 1 amide bonds. The number of nitrogens with zero attached hydrogens (tertiary/aromatic N) is 4. The van der Waals surface area contributed by atoms with E-state index in [2.05, 4.69) is 9.97 Å². The van der Waals surface area contributed by atoms with Crippen molar-refractivity contribution in [1.82, 2.24) is 14.9 Å². The van der Waals surface area contributed by atoms with Gasteiger partial charge in [0, 0.05) is 13.1 Å². The predicted octanol–water partition coefficient (Wildman–Crippen LogP) is 1.47. The van der Waals surface area contributed by atoms with Crippen molar-refractivity contribution in [2.45, 2.75) is 25.3 Å². The van der Waals surface area contributed by atoms with Gasteiger partial charge < -0.3 is 9.80 Å². The Morgan fingerprint density at radius 3 is 2.89 bits per heavy atom. The summed E-state index contributed by atoms with van der Waals surface area (Å²) in [5.41, 5.74) is -0.131. The molecule has 0 atom stereocenters. The number of piperazine rings is 1. The first-order chi connectivity index (χ1) is 9.05. The van der Waals surface area contributed by atoms with E-state index in [4.69, 9.17) is 11.6 Å². The third-order valence-electron chi connectivity index (χ3n) is 3.82. The zero-order valence-corrected chi connectivity index (χ0v) is 11.3. The topological polar surface area (TPSA) is 49.3 Å². The van der Waals surface area contributed by atoms with Crippen molar-refractivity contribution >= 4 is 23.3 Å². The molecule has 0 aromatic carbocycles. The van der Waals surface area contributed by atoms with Crippen LogP contribution in [-0.4, -0.2) is 45.9 Å². The number of rotatable bonds is 2. The molecule has 1 aliphatic heterocycles. The van der Waals surface area contributed by atoms with Crippen molar-refractivity contribution < 1.29 is 9.18 Å². The summed E-state index contributed by atoms with van der Waals surface area (Å²) in [5, 5.41) is -0.00776. The average molecular weight is 285 g/mol. The highest BCUT2D eigenvalue weighted by molar-refractivity contribution is 6.28. The number of likely N-dealkylation sites (N-methyl/N-ethyl adjacent to an activating group) is 1. The van der Waals surface area contributed by atoms with Crippen molar-refractivity contribution in [3.8, 4) is 0 Å². The summed E-state index contributed by atoms with van der Waals surface area (Å²) < 4.78 is 13.8. The van der Waals surface area contributed by atoms with Crippen molar-refractivity contribution in [1.29, 1.82) is 0 Å². The first kappa shape index (κ1) is 12.6. The first-order valence-electron chi connectivity index (χ1n) is 6.29. The lowest BCUT2D eigenvalue weighted by atomic mass is 10.1.